The summed E-state index contributed by atoms with van der Waals surface area (Å²) in [4.78, 5) is 34.6. The third-order valence-corrected chi connectivity index (χ3v) is 3.07. The number of nitrogens with one attached hydrogen (secondary N) is 1. The molecular weight excluding hydrogens is 272 g/mol. The van der Waals surface area contributed by atoms with Crippen LogP contribution in [0.1, 0.15) is 13.3 Å². The second-order valence-electron chi connectivity index (χ2n) is 3.98. The molecule has 0 rings (SSSR count). The molecule has 0 heterocycles. The maximum absolute atomic E-state index is 11.7. The van der Waals surface area contributed by atoms with Crippen molar-refractivity contribution in [2.75, 3.05) is 32.3 Å². The SMILES string of the molecule is CSCCC(C)N(C)C(=O)NC(=O)COCC(=O)O. The molecule has 1 atom stereocenters. The number of carboxylic acid groups (broad SMARTS) is 1. The van der Waals surface area contributed by atoms with E-state index in [0.717, 1.165) is 12.2 Å². The van der Waals surface area contributed by atoms with Gasteiger partial charge in [0.15, 0.2) is 0 Å². The number of urea groups is 1. The van der Waals surface area contributed by atoms with Crippen LogP contribution in [-0.4, -0.2) is 66.2 Å². The van der Waals surface area contributed by atoms with E-state index in [1.54, 1.807) is 18.8 Å². The maximum atomic E-state index is 11.7. The smallest absolute Gasteiger partial charge is 0.329 e. The van der Waals surface area contributed by atoms with E-state index in [0.29, 0.717) is 0 Å². The predicted octanol–water partition coefficient (Wildman–Crippen LogP) is 0.397. The van der Waals surface area contributed by atoms with Gasteiger partial charge in [-0.25, -0.2) is 9.59 Å². The second kappa shape index (κ2) is 9.62. The number of carbonyl (C=O) groups excluding carboxylic acids is 2. The first-order valence-corrected chi connectivity index (χ1v) is 7.13. The first-order valence-electron chi connectivity index (χ1n) is 5.73. The number of rotatable bonds is 8. The quantitative estimate of drug-likeness (QED) is 0.672. The first-order chi connectivity index (χ1) is 8.88. The molecule has 8 heteroatoms. The van der Waals surface area contributed by atoms with Crippen LogP contribution in [0, 0.1) is 0 Å². The Balaban J connectivity index is 4.00. The number of hydrogen-bond acceptors (Lipinski definition) is 5. The maximum Gasteiger partial charge on any atom is 0.329 e. The van der Waals surface area contributed by atoms with Crippen LogP contribution in [0.15, 0.2) is 0 Å². The molecule has 0 aliphatic carbocycles. The molecule has 0 saturated carbocycles. The Hall–Kier alpha value is -1.28. The van der Waals surface area contributed by atoms with E-state index in [2.05, 4.69) is 10.1 Å². The third kappa shape index (κ3) is 8.44. The molecule has 7 nitrogen and oxygen atoms in total. The van der Waals surface area contributed by atoms with E-state index in [9.17, 15) is 14.4 Å². The molecule has 0 aliphatic rings. The summed E-state index contributed by atoms with van der Waals surface area (Å²) >= 11 is 1.69. The van der Waals surface area contributed by atoms with Crippen molar-refractivity contribution in [1.29, 1.82) is 0 Å². The Kier molecular flexibility index (Phi) is 8.98. The van der Waals surface area contributed by atoms with Crippen LogP contribution in [0.3, 0.4) is 0 Å². The summed E-state index contributed by atoms with van der Waals surface area (Å²) in [6.45, 7) is 0.869. The van der Waals surface area contributed by atoms with E-state index >= 15 is 0 Å². The average molecular weight is 292 g/mol. The van der Waals surface area contributed by atoms with Crippen LogP contribution >= 0.6 is 11.8 Å². The van der Waals surface area contributed by atoms with Crippen molar-refractivity contribution in [1.82, 2.24) is 10.2 Å². The lowest BCUT2D eigenvalue weighted by atomic mass is 10.2. The highest BCUT2D eigenvalue weighted by atomic mass is 32.2. The largest absolute Gasteiger partial charge is 0.480 e. The highest BCUT2D eigenvalue weighted by Gasteiger charge is 2.17. The lowest BCUT2D eigenvalue weighted by Crippen LogP contribution is -2.46. The van der Waals surface area contributed by atoms with Gasteiger partial charge in [-0.05, 0) is 25.4 Å². The van der Waals surface area contributed by atoms with Crippen LogP contribution in [0.25, 0.3) is 0 Å². The van der Waals surface area contributed by atoms with E-state index in [1.807, 2.05) is 13.2 Å². The van der Waals surface area contributed by atoms with Crippen molar-refractivity contribution in [3.63, 3.8) is 0 Å². The summed E-state index contributed by atoms with van der Waals surface area (Å²) in [5.74, 6) is -0.897. The van der Waals surface area contributed by atoms with Gasteiger partial charge in [-0.3, -0.25) is 10.1 Å². The molecular formula is C11H20N2O5S. The highest BCUT2D eigenvalue weighted by Crippen LogP contribution is 2.05. The van der Waals surface area contributed by atoms with Crippen LogP contribution in [0.5, 0.6) is 0 Å². The van der Waals surface area contributed by atoms with Gasteiger partial charge in [0.05, 0.1) is 0 Å². The fraction of sp³-hybridized carbons (Fsp3) is 0.727. The number of imide groups is 1. The number of ether oxygens (including phenoxy) is 1. The Bertz CT molecular complexity index is 324. The molecule has 2 N–H and O–H groups in total. The minimum atomic E-state index is -1.16. The first kappa shape index (κ1) is 17.7. The van der Waals surface area contributed by atoms with Crippen molar-refractivity contribution in [2.45, 2.75) is 19.4 Å². The number of aliphatic carboxylic acids is 1. The van der Waals surface area contributed by atoms with Crippen LogP contribution in [-0.2, 0) is 14.3 Å². The summed E-state index contributed by atoms with van der Waals surface area (Å²) in [6.07, 6.45) is 2.81. The lowest BCUT2D eigenvalue weighted by Gasteiger charge is -2.24. The van der Waals surface area contributed by atoms with Gasteiger partial charge in [-0.15, -0.1) is 0 Å². The molecule has 0 aliphatic heterocycles. The van der Waals surface area contributed by atoms with Crippen molar-refractivity contribution in [3.8, 4) is 0 Å². The number of amides is 3. The number of carboxylic acids is 1. The van der Waals surface area contributed by atoms with Gasteiger partial charge in [0.2, 0.25) is 0 Å². The standard InChI is InChI=1S/C11H20N2O5S/c1-8(4-5-19-3)13(2)11(17)12-9(14)6-18-7-10(15)16/h8H,4-7H2,1-3H3,(H,15,16)(H,12,14,17). The van der Waals surface area contributed by atoms with Gasteiger partial charge < -0.3 is 14.7 Å². The molecule has 1 unspecified atom stereocenters. The summed E-state index contributed by atoms with van der Waals surface area (Å²) in [6, 6.07) is -0.502. The minimum absolute atomic E-state index is 0.0141. The summed E-state index contributed by atoms with van der Waals surface area (Å²) in [7, 11) is 1.60. The number of carbonyl (C=O) groups is 3. The predicted molar refractivity (Wildman–Crippen MR) is 72.2 cm³/mol. The molecule has 0 aromatic heterocycles. The summed E-state index contributed by atoms with van der Waals surface area (Å²) in [5.41, 5.74) is 0. The van der Waals surface area contributed by atoms with Crippen molar-refractivity contribution in [3.05, 3.63) is 0 Å². The molecule has 0 spiro atoms. The van der Waals surface area contributed by atoms with Crippen molar-refractivity contribution < 1.29 is 24.2 Å². The van der Waals surface area contributed by atoms with Crippen LogP contribution in [0.2, 0.25) is 0 Å². The van der Waals surface area contributed by atoms with E-state index in [4.69, 9.17) is 5.11 Å². The highest BCUT2D eigenvalue weighted by molar-refractivity contribution is 7.98. The summed E-state index contributed by atoms with van der Waals surface area (Å²) < 4.78 is 4.58. The molecule has 110 valence electrons. The lowest BCUT2D eigenvalue weighted by molar-refractivity contribution is -0.143. The fourth-order valence-electron chi connectivity index (χ4n) is 1.16. The molecule has 3 amide bonds. The fourth-order valence-corrected chi connectivity index (χ4v) is 1.73. The zero-order chi connectivity index (χ0) is 14.8. The van der Waals surface area contributed by atoms with E-state index < -0.39 is 31.1 Å². The van der Waals surface area contributed by atoms with E-state index in [-0.39, 0.29) is 6.04 Å². The molecule has 0 saturated heterocycles. The molecule has 0 bridgehead atoms. The molecule has 0 radical (unpaired) electrons. The van der Waals surface area contributed by atoms with Crippen LogP contribution < -0.4 is 5.32 Å². The number of nitrogens with zero attached hydrogens (tertiary/aromatic N) is 1. The monoisotopic (exact) mass is 292 g/mol. The molecule has 0 fully saturated rings. The minimum Gasteiger partial charge on any atom is -0.480 e. The zero-order valence-electron chi connectivity index (χ0n) is 11.3. The Morgan fingerprint density at radius 1 is 1.37 bits per heavy atom. The molecule has 0 aromatic rings. The van der Waals surface area contributed by atoms with Crippen LogP contribution in [0.4, 0.5) is 4.79 Å². The van der Waals surface area contributed by atoms with E-state index in [1.165, 1.54) is 4.90 Å². The van der Waals surface area contributed by atoms with Gasteiger partial charge in [0.25, 0.3) is 5.91 Å². The zero-order valence-corrected chi connectivity index (χ0v) is 12.2. The Labute approximate surface area is 116 Å². The van der Waals surface area contributed by atoms with Gasteiger partial charge in [-0.2, -0.15) is 11.8 Å². The van der Waals surface area contributed by atoms with Crippen molar-refractivity contribution >= 4 is 29.7 Å². The Morgan fingerprint density at radius 3 is 2.53 bits per heavy atom. The number of hydrogen-bond donors (Lipinski definition) is 2. The number of thioether (sulfide) groups is 1. The average Bonchev–Trinajstić information content (AvgIpc) is 2.34. The summed E-state index contributed by atoms with van der Waals surface area (Å²) in [5, 5.41) is 10.5. The topological polar surface area (TPSA) is 95.9 Å². The molecule has 19 heavy (non-hydrogen) atoms. The van der Waals surface area contributed by atoms with Gasteiger partial charge in [-0.1, -0.05) is 0 Å². The van der Waals surface area contributed by atoms with Gasteiger partial charge >= 0.3 is 12.0 Å². The third-order valence-electron chi connectivity index (χ3n) is 2.43. The molecule has 0 aromatic carbocycles. The second-order valence-corrected chi connectivity index (χ2v) is 4.97. The Morgan fingerprint density at radius 2 is 2.00 bits per heavy atom. The van der Waals surface area contributed by atoms with Gasteiger partial charge in [0.1, 0.15) is 13.2 Å². The van der Waals surface area contributed by atoms with Crippen molar-refractivity contribution in [2.24, 2.45) is 0 Å². The normalized spacial score (nSPS) is 11.7. The van der Waals surface area contributed by atoms with Gasteiger partial charge in [0, 0.05) is 13.1 Å².